The average Bonchev–Trinajstić information content (AvgIpc) is 3.06. The van der Waals surface area contributed by atoms with Crippen molar-refractivity contribution in [3.05, 3.63) is 76.5 Å². The summed E-state index contributed by atoms with van der Waals surface area (Å²) in [6.45, 7) is 0.524. The lowest BCUT2D eigenvalue weighted by Gasteiger charge is -2.06. The summed E-state index contributed by atoms with van der Waals surface area (Å²) in [4.78, 5) is 17.2. The SMILES string of the molecule is O=C(NCCc1ccccn1)c1sccc1-c1ccc(F)cc1. The van der Waals surface area contributed by atoms with Crippen LogP contribution in [0.4, 0.5) is 4.39 Å². The Hall–Kier alpha value is -2.53. The van der Waals surface area contributed by atoms with Crippen LogP contribution in [0.2, 0.25) is 0 Å². The van der Waals surface area contributed by atoms with Gasteiger partial charge in [-0.25, -0.2) is 4.39 Å². The van der Waals surface area contributed by atoms with Crippen LogP contribution in [0.5, 0.6) is 0 Å². The molecular formula is C18H15FN2OS. The van der Waals surface area contributed by atoms with Crippen LogP contribution >= 0.6 is 11.3 Å². The monoisotopic (exact) mass is 326 g/mol. The Balaban J connectivity index is 1.66. The van der Waals surface area contributed by atoms with Gasteiger partial charge in [0.2, 0.25) is 0 Å². The second-order valence-electron chi connectivity index (χ2n) is 5.00. The van der Waals surface area contributed by atoms with Gasteiger partial charge in [0, 0.05) is 30.4 Å². The fourth-order valence-corrected chi connectivity index (χ4v) is 3.10. The Morgan fingerprint density at radius 1 is 1.13 bits per heavy atom. The molecule has 0 bridgehead atoms. The predicted octanol–water partition coefficient (Wildman–Crippen LogP) is 3.92. The minimum atomic E-state index is -0.287. The molecule has 0 aliphatic rings. The van der Waals surface area contributed by atoms with Crippen molar-refractivity contribution in [1.29, 1.82) is 0 Å². The number of carbonyl (C=O) groups excluding carboxylic acids is 1. The van der Waals surface area contributed by atoms with Gasteiger partial charge in [-0.1, -0.05) is 18.2 Å². The summed E-state index contributed by atoms with van der Waals surface area (Å²) >= 11 is 1.38. The lowest BCUT2D eigenvalue weighted by Crippen LogP contribution is -2.25. The van der Waals surface area contributed by atoms with Gasteiger partial charge in [-0.15, -0.1) is 11.3 Å². The number of aromatic nitrogens is 1. The molecule has 5 heteroatoms. The van der Waals surface area contributed by atoms with Crippen molar-refractivity contribution >= 4 is 17.2 Å². The molecule has 116 valence electrons. The second kappa shape index (κ2) is 7.15. The first-order valence-corrected chi connectivity index (χ1v) is 8.13. The first-order valence-electron chi connectivity index (χ1n) is 7.25. The van der Waals surface area contributed by atoms with Crippen LogP contribution in [0.1, 0.15) is 15.4 Å². The number of hydrogen-bond acceptors (Lipinski definition) is 3. The Morgan fingerprint density at radius 3 is 2.70 bits per heavy atom. The Labute approximate surface area is 137 Å². The molecule has 0 unspecified atom stereocenters. The van der Waals surface area contributed by atoms with Gasteiger partial charge in [0.1, 0.15) is 5.82 Å². The fourth-order valence-electron chi connectivity index (χ4n) is 2.27. The lowest BCUT2D eigenvalue weighted by atomic mass is 10.1. The number of hydrogen-bond donors (Lipinski definition) is 1. The van der Waals surface area contributed by atoms with Gasteiger partial charge in [0.25, 0.3) is 5.91 Å². The smallest absolute Gasteiger partial charge is 0.261 e. The second-order valence-corrected chi connectivity index (χ2v) is 5.91. The molecule has 0 aliphatic heterocycles. The zero-order chi connectivity index (χ0) is 16.1. The molecule has 3 nitrogen and oxygen atoms in total. The van der Waals surface area contributed by atoms with E-state index in [-0.39, 0.29) is 11.7 Å². The van der Waals surface area contributed by atoms with E-state index in [0.29, 0.717) is 17.8 Å². The normalized spacial score (nSPS) is 10.5. The van der Waals surface area contributed by atoms with Crippen LogP contribution in [0.15, 0.2) is 60.1 Å². The number of nitrogens with one attached hydrogen (secondary N) is 1. The lowest BCUT2D eigenvalue weighted by molar-refractivity contribution is 0.0958. The molecule has 1 amide bonds. The van der Waals surface area contributed by atoms with Crippen LogP contribution in [0, 0.1) is 5.82 Å². The van der Waals surface area contributed by atoms with Gasteiger partial charge in [-0.2, -0.15) is 0 Å². The van der Waals surface area contributed by atoms with Crippen LogP contribution in [0.25, 0.3) is 11.1 Å². The maximum Gasteiger partial charge on any atom is 0.261 e. The number of pyridine rings is 1. The summed E-state index contributed by atoms with van der Waals surface area (Å²) < 4.78 is 13.0. The molecule has 0 spiro atoms. The number of halogens is 1. The molecule has 0 saturated carbocycles. The highest BCUT2D eigenvalue weighted by molar-refractivity contribution is 7.12. The number of nitrogens with zero attached hydrogens (tertiary/aromatic N) is 1. The first-order chi connectivity index (χ1) is 11.2. The van der Waals surface area contributed by atoms with Crippen molar-refractivity contribution in [3.8, 4) is 11.1 Å². The number of rotatable bonds is 5. The summed E-state index contributed by atoms with van der Waals surface area (Å²) in [5.74, 6) is -0.402. The van der Waals surface area contributed by atoms with Gasteiger partial charge in [0.15, 0.2) is 0 Å². The first kappa shape index (κ1) is 15.4. The van der Waals surface area contributed by atoms with Gasteiger partial charge in [-0.05, 0) is 41.3 Å². The molecule has 3 rings (SSSR count). The maximum absolute atomic E-state index is 13.0. The standard InChI is InChI=1S/C18H15FN2OS/c19-14-6-4-13(5-7-14)16-9-12-23-17(16)18(22)21-11-8-15-3-1-2-10-20-15/h1-7,9-10,12H,8,11H2,(H,21,22). The van der Waals surface area contributed by atoms with E-state index in [1.807, 2.05) is 29.6 Å². The van der Waals surface area contributed by atoms with Crippen molar-refractivity contribution in [3.63, 3.8) is 0 Å². The van der Waals surface area contributed by atoms with Gasteiger partial charge >= 0.3 is 0 Å². The minimum Gasteiger partial charge on any atom is -0.351 e. The molecule has 0 fully saturated rings. The van der Waals surface area contributed by atoms with E-state index in [4.69, 9.17) is 0 Å². The largest absolute Gasteiger partial charge is 0.351 e. The Morgan fingerprint density at radius 2 is 1.96 bits per heavy atom. The average molecular weight is 326 g/mol. The quantitative estimate of drug-likeness (QED) is 0.772. The minimum absolute atomic E-state index is 0.116. The van der Waals surface area contributed by atoms with Crippen LogP contribution in [0.3, 0.4) is 0 Å². The molecule has 23 heavy (non-hydrogen) atoms. The molecule has 0 atom stereocenters. The Bertz CT molecular complexity index is 784. The van der Waals surface area contributed by atoms with Crippen molar-refractivity contribution in [2.45, 2.75) is 6.42 Å². The molecule has 0 aliphatic carbocycles. The van der Waals surface area contributed by atoms with Crippen LogP contribution in [-0.2, 0) is 6.42 Å². The maximum atomic E-state index is 13.0. The van der Waals surface area contributed by atoms with E-state index >= 15 is 0 Å². The van der Waals surface area contributed by atoms with E-state index in [0.717, 1.165) is 16.8 Å². The number of carbonyl (C=O) groups is 1. The predicted molar refractivity (Wildman–Crippen MR) is 90.0 cm³/mol. The molecule has 0 saturated heterocycles. The zero-order valence-corrected chi connectivity index (χ0v) is 13.1. The topological polar surface area (TPSA) is 42.0 Å². The van der Waals surface area contributed by atoms with E-state index in [9.17, 15) is 9.18 Å². The van der Waals surface area contributed by atoms with Crippen LogP contribution in [-0.4, -0.2) is 17.4 Å². The summed E-state index contributed by atoms with van der Waals surface area (Å²) in [5, 5.41) is 4.78. The fraction of sp³-hybridized carbons (Fsp3) is 0.111. The number of thiophene rings is 1. The number of benzene rings is 1. The van der Waals surface area contributed by atoms with Crippen molar-refractivity contribution in [2.75, 3.05) is 6.54 Å². The highest BCUT2D eigenvalue weighted by Crippen LogP contribution is 2.28. The van der Waals surface area contributed by atoms with E-state index in [1.165, 1.54) is 23.5 Å². The molecule has 2 heterocycles. The zero-order valence-electron chi connectivity index (χ0n) is 12.3. The third-order valence-electron chi connectivity index (χ3n) is 3.42. The van der Waals surface area contributed by atoms with Gasteiger partial charge in [-0.3, -0.25) is 9.78 Å². The summed E-state index contributed by atoms with van der Waals surface area (Å²) in [6, 6.07) is 13.8. The van der Waals surface area contributed by atoms with E-state index in [1.54, 1.807) is 18.3 Å². The van der Waals surface area contributed by atoms with E-state index < -0.39 is 0 Å². The van der Waals surface area contributed by atoms with Gasteiger partial charge in [0.05, 0.1) is 4.88 Å². The van der Waals surface area contributed by atoms with Crippen molar-refractivity contribution in [2.24, 2.45) is 0 Å². The number of amides is 1. The summed E-state index contributed by atoms with van der Waals surface area (Å²) in [5.41, 5.74) is 2.60. The molecule has 2 aromatic heterocycles. The summed E-state index contributed by atoms with van der Waals surface area (Å²) in [7, 11) is 0. The molecule has 1 N–H and O–H groups in total. The molecule has 0 radical (unpaired) electrons. The third-order valence-corrected chi connectivity index (χ3v) is 4.33. The highest BCUT2D eigenvalue weighted by atomic mass is 32.1. The Kier molecular flexibility index (Phi) is 4.78. The van der Waals surface area contributed by atoms with Gasteiger partial charge < -0.3 is 5.32 Å². The van der Waals surface area contributed by atoms with Crippen LogP contribution < -0.4 is 5.32 Å². The van der Waals surface area contributed by atoms with E-state index in [2.05, 4.69) is 10.3 Å². The van der Waals surface area contributed by atoms with Crippen molar-refractivity contribution < 1.29 is 9.18 Å². The molecular weight excluding hydrogens is 311 g/mol. The summed E-state index contributed by atoms with van der Waals surface area (Å²) in [6.07, 6.45) is 2.42. The van der Waals surface area contributed by atoms with Crippen molar-refractivity contribution in [1.82, 2.24) is 10.3 Å². The molecule has 1 aromatic carbocycles. The third kappa shape index (κ3) is 3.81. The highest BCUT2D eigenvalue weighted by Gasteiger charge is 2.14. The molecule has 3 aromatic rings.